The minimum atomic E-state index is -0.721. The zero-order valence-corrected chi connectivity index (χ0v) is 17.5. The fraction of sp³-hybridized carbons (Fsp3) is 0.476. The number of hydrogen-bond acceptors (Lipinski definition) is 5. The molecule has 0 saturated heterocycles. The average molecular weight is 418 g/mol. The number of halogens is 1. The Morgan fingerprint density at radius 1 is 1.33 bits per heavy atom. The number of amides is 2. The minimum absolute atomic E-state index is 0.258. The van der Waals surface area contributed by atoms with Crippen LogP contribution in [0.5, 0.6) is 0 Å². The Morgan fingerprint density at radius 3 is 2.87 bits per heavy atom. The average Bonchev–Trinajstić information content (AvgIpc) is 3.03. The van der Waals surface area contributed by atoms with Gasteiger partial charge in [-0.05, 0) is 31.5 Å². The second kappa shape index (κ2) is 9.71. The van der Waals surface area contributed by atoms with Gasteiger partial charge in [0, 0.05) is 31.3 Å². The molecule has 1 aromatic heterocycles. The Morgan fingerprint density at radius 2 is 2.13 bits per heavy atom. The molecule has 1 N–H and O–H groups in total. The number of benzene rings is 1. The van der Waals surface area contributed by atoms with Gasteiger partial charge in [0.25, 0.3) is 0 Å². The Balaban J connectivity index is 1.61. The number of rotatable bonds is 7. The Kier molecular flexibility index (Phi) is 7.04. The van der Waals surface area contributed by atoms with E-state index in [1.807, 2.05) is 11.7 Å². The molecule has 2 amide bonds. The molecule has 0 unspecified atom stereocenters. The number of hydrogen-bond donors (Lipinski definition) is 1. The number of carbonyl (C=O) groups excluding carboxylic acids is 2. The third-order valence-corrected chi connectivity index (χ3v) is 4.99. The third kappa shape index (κ3) is 5.15. The van der Waals surface area contributed by atoms with Crippen LogP contribution < -0.4 is 5.32 Å². The molecule has 0 bridgehead atoms. The zero-order chi connectivity index (χ0) is 21.7. The number of fused-ring (bicyclic) bond motifs is 1. The van der Waals surface area contributed by atoms with Crippen LogP contribution >= 0.6 is 0 Å². The Hall–Kier alpha value is -2.94. The SMILES string of the molecule is CCOC(=O)[C@H](C)NC(=O)N1CCc2c(c(COCc3cccc(F)c3)nn2C)C1. The molecule has 8 nitrogen and oxygen atoms in total. The molecular weight excluding hydrogens is 391 g/mol. The summed E-state index contributed by atoms with van der Waals surface area (Å²) in [6.45, 7) is 5.01. The lowest BCUT2D eigenvalue weighted by Gasteiger charge is -2.28. The lowest BCUT2D eigenvalue weighted by molar-refractivity contribution is -0.144. The van der Waals surface area contributed by atoms with Gasteiger partial charge in [0.2, 0.25) is 0 Å². The van der Waals surface area contributed by atoms with Crippen molar-refractivity contribution >= 4 is 12.0 Å². The van der Waals surface area contributed by atoms with Crippen molar-refractivity contribution in [3.8, 4) is 0 Å². The predicted octanol–water partition coefficient (Wildman–Crippen LogP) is 2.30. The minimum Gasteiger partial charge on any atom is -0.464 e. The van der Waals surface area contributed by atoms with Crippen LogP contribution in [0.4, 0.5) is 9.18 Å². The molecule has 0 fully saturated rings. The van der Waals surface area contributed by atoms with E-state index in [4.69, 9.17) is 9.47 Å². The van der Waals surface area contributed by atoms with Crippen LogP contribution in [0.15, 0.2) is 24.3 Å². The first-order chi connectivity index (χ1) is 14.4. The van der Waals surface area contributed by atoms with Crippen molar-refractivity contribution in [2.24, 2.45) is 7.05 Å². The highest BCUT2D eigenvalue weighted by molar-refractivity contribution is 5.83. The van der Waals surface area contributed by atoms with Crippen molar-refractivity contribution in [2.45, 2.75) is 46.1 Å². The van der Waals surface area contributed by atoms with Crippen molar-refractivity contribution in [2.75, 3.05) is 13.2 Å². The first-order valence-corrected chi connectivity index (χ1v) is 9.97. The molecule has 0 saturated carbocycles. The van der Waals surface area contributed by atoms with Crippen LogP contribution in [0.25, 0.3) is 0 Å². The molecule has 30 heavy (non-hydrogen) atoms. The highest BCUT2D eigenvalue weighted by Crippen LogP contribution is 2.23. The number of aromatic nitrogens is 2. The van der Waals surface area contributed by atoms with E-state index in [2.05, 4.69) is 10.4 Å². The largest absolute Gasteiger partial charge is 0.464 e. The number of aryl methyl sites for hydroxylation is 1. The summed E-state index contributed by atoms with van der Waals surface area (Å²) in [6.07, 6.45) is 0.657. The van der Waals surface area contributed by atoms with Crippen molar-refractivity contribution in [3.05, 3.63) is 52.6 Å². The summed E-state index contributed by atoms with van der Waals surface area (Å²) in [4.78, 5) is 26.0. The van der Waals surface area contributed by atoms with E-state index in [0.29, 0.717) is 19.5 Å². The molecule has 1 atom stereocenters. The lowest BCUT2D eigenvalue weighted by Crippen LogP contribution is -2.48. The number of ether oxygens (including phenoxy) is 2. The van der Waals surface area contributed by atoms with Crippen molar-refractivity contribution < 1.29 is 23.5 Å². The maximum Gasteiger partial charge on any atom is 0.328 e. The van der Waals surface area contributed by atoms with Gasteiger partial charge in [-0.1, -0.05) is 12.1 Å². The second-order valence-electron chi connectivity index (χ2n) is 7.21. The van der Waals surface area contributed by atoms with Crippen LogP contribution in [-0.4, -0.2) is 45.9 Å². The molecule has 2 heterocycles. The summed E-state index contributed by atoms with van der Waals surface area (Å²) >= 11 is 0. The van der Waals surface area contributed by atoms with Gasteiger partial charge in [-0.15, -0.1) is 0 Å². The maximum atomic E-state index is 13.3. The Bertz CT molecular complexity index is 914. The van der Waals surface area contributed by atoms with Gasteiger partial charge in [-0.25, -0.2) is 14.0 Å². The van der Waals surface area contributed by atoms with E-state index in [1.54, 1.807) is 30.9 Å². The topological polar surface area (TPSA) is 85.7 Å². The molecule has 9 heteroatoms. The van der Waals surface area contributed by atoms with Crippen LogP contribution in [0.1, 0.15) is 36.4 Å². The zero-order valence-electron chi connectivity index (χ0n) is 17.5. The Labute approximate surface area is 174 Å². The van der Waals surface area contributed by atoms with Crippen LogP contribution in [-0.2, 0) is 47.5 Å². The third-order valence-electron chi connectivity index (χ3n) is 4.99. The summed E-state index contributed by atoms with van der Waals surface area (Å²) in [5, 5.41) is 7.21. The van der Waals surface area contributed by atoms with E-state index in [0.717, 1.165) is 22.5 Å². The summed E-state index contributed by atoms with van der Waals surface area (Å²) < 4.78 is 25.8. The van der Waals surface area contributed by atoms with Crippen LogP contribution in [0.3, 0.4) is 0 Å². The number of nitrogens with one attached hydrogen (secondary N) is 1. The normalized spacial score (nSPS) is 14.2. The second-order valence-corrected chi connectivity index (χ2v) is 7.21. The van der Waals surface area contributed by atoms with Gasteiger partial charge in [-0.2, -0.15) is 5.10 Å². The fourth-order valence-electron chi connectivity index (χ4n) is 3.45. The van der Waals surface area contributed by atoms with Crippen molar-refractivity contribution in [3.63, 3.8) is 0 Å². The van der Waals surface area contributed by atoms with Gasteiger partial charge in [-0.3, -0.25) is 4.68 Å². The summed E-state index contributed by atoms with van der Waals surface area (Å²) in [6, 6.07) is 5.22. The monoisotopic (exact) mass is 418 g/mol. The first-order valence-electron chi connectivity index (χ1n) is 9.97. The highest BCUT2D eigenvalue weighted by atomic mass is 19.1. The summed E-state index contributed by atoms with van der Waals surface area (Å²) in [5.74, 6) is -0.763. The quantitative estimate of drug-likeness (QED) is 0.698. The van der Waals surface area contributed by atoms with Crippen molar-refractivity contribution in [1.82, 2.24) is 20.0 Å². The predicted molar refractivity (Wildman–Crippen MR) is 107 cm³/mol. The van der Waals surface area contributed by atoms with Gasteiger partial charge < -0.3 is 19.7 Å². The van der Waals surface area contributed by atoms with Crippen molar-refractivity contribution in [1.29, 1.82) is 0 Å². The smallest absolute Gasteiger partial charge is 0.328 e. The molecule has 1 aromatic carbocycles. The molecule has 1 aliphatic heterocycles. The molecule has 0 radical (unpaired) electrons. The number of esters is 1. The summed E-state index contributed by atoms with van der Waals surface area (Å²) in [5.41, 5.74) is 3.50. The van der Waals surface area contributed by atoms with E-state index in [9.17, 15) is 14.0 Å². The first kappa shape index (κ1) is 21.8. The van der Waals surface area contributed by atoms with E-state index in [1.165, 1.54) is 12.1 Å². The van der Waals surface area contributed by atoms with E-state index >= 15 is 0 Å². The molecule has 0 aliphatic carbocycles. The molecule has 2 aromatic rings. The van der Waals surface area contributed by atoms with Crippen LogP contribution in [0, 0.1) is 5.82 Å². The van der Waals surface area contributed by atoms with Crippen LogP contribution in [0.2, 0.25) is 0 Å². The van der Waals surface area contributed by atoms with Gasteiger partial charge in [0.1, 0.15) is 11.9 Å². The molecule has 1 aliphatic rings. The van der Waals surface area contributed by atoms with Gasteiger partial charge >= 0.3 is 12.0 Å². The fourth-order valence-corrected chi connectivity index (χ4v) is 3.45. The van der Waals surface area contributed by atoms with E-state index in [-0.39, 0.29) is 31.7 Å². The van der Waals surface area contributed by atoms with E-state index < -0.39 is 12.0 Å². The number of carbonyl (C=O) groups is 2. The molecule has 0 spiro atoms. The summed E-state index contributed by atoms with van der Waals surface area (Å²) in [7, 11) is 1.87. The van der Waals surface area contributed by atoms with Gasteiger partial charge in [0.05, 0.1) is 32.1 Å². The number of urea groups is 1. The highest BCUT2D eigenvalue weighted by Gasteiger charge is 2.28. The number of nitrogens with zero attached hydrogens (tertiary/aromatic N) is 3. The van der Waals surface area contributed by atoms with Gasteiger partial charge in [0.15, 0.2) is 0 Å². The maximum absolute atomic E-state index is 13.3. The molecule has 162 valence electrons. The standard InChI is InChI=1S/C21H27FN4O4/c1-4-30-20(27)14(2)23-21(28)26-9-8-19-17(11-26)18(24-25(19)3)13-29-12-15-6-5-7-16(22)10-15/h5-7,10,14H,4,8-9,11-13H2,1-3H3,(H,23,28)/t14-/m0/s1. The molecule has 3 rings (SSSR count). The molecular formula is C21H27FN4O4. The lowest BCUT2D eigenvalue weighted by atomic mass is 10.1.